The Labute approximate surface area is 168 Å². The molecule has 3 aromatic rings. The van der Waals surface area contributed by atoms with Gasteiger partial charge in [-0.15, -0.1) is 0 Å². The molecule has 2 aromatic carbocycles. The van der Waals surface area contributed by atoms with Gasteiger partial charge in [-0.2, -0.15) is 28.2 Å². The molecular weight excluding hydrogens is 405 g/mol. The van der Waals surface area contributed by atoms with Crippen LogP contribution in [0.25, 0.3) is 5.69 Å². The predicted octanol–water partition coefficient (Wildman–Crippen LogP) is 4.76. The van der Waals surface area contributed by atoms with E-state index in [1.165, 1.54) is 6.07 Å². The first kappa shape index (κ1) is 18.9. The Hall–Kier alpha value is -3.44. The van der Waals surface area contributed by atoms with Crippen molar-refractivity contribution in [2.75, 3.05) is 0 Å². The molecule has 9 heteroatoms. The molecule has 0 saturated heterocycles. The van der Waals surface area contributed by atoms with Crippen LogP contribution in [-0.4, -0.2) is 9.78 Å². The van der Waals surface area contributed by atoms with E-state index in [1.54, 1.807) is 48.5 Å². The van der Waals surface area contributed by atoms with Gasteiger partial charge in [-0.1, -0.05) is 48.0 Å². The average Bonchev–Trinajstić information content (AvgIpc) is 3.07. The number of alkyl halides is 3. The number of rotatable bonds is 2. The minimum atomic E-state index is -4.79. The summed E-state index contributed by atoms with van der Waals surface area (Å²) in [6.45, 7) is 0. The van der Waals surface area contributed by atoms with Gasteiger partial charge in [0.1, 0.15) is 11.6 Å². The fourth-order valence-corrected chi connectivity index (χ4v) is 3.56. The first-order valence-corrected chi connectivity index (χ1v) is 8.78. The third-order valence-corrected chi connectivity index (χ3v) is 4.88. The molecule has 0 bridgehead atoms. The van der Waals surface area contributed by atoms with E-state index in [4.69, 9.17) is 22.1 Å². The lowest BCUT2D eigenvalue weighted by molar-refractivity contribution is -0.142. The van der Waals surface area contributed by atoms with Crippen molar-refractivity contribution < 1.29 is 17.9 Å². The topological polar surface area (TPSA) is 76.9 Å². The highest BCUT2D eigenvalue weighted by Crippen LogP contribution is 2.49. The second-order valence-corrected chi connectivity index (χ2v) is 6.67. The number of aromatic nitrogens is 2. The summed E-state index contributed by atoms with van der Waals surface area (Å²) in [6, 6.07) is 16.4. The van der Waals surface area contributed by atoms with Crippen LogP contribution >= 0.6 is 11.6 Å². The molecule has 0 amide bonds. The van der Waals surface area contributed by atoms with Crippen LogP contribution in [0.2, 0.25) is 5.02 Å². The van der Waals surface area contributed by atoms with Crippen molar-refractivity contribution in [3.8, 4) is 17.6 Å². The monoisotopic (exact) mass is 416 g/mol. The maximum Gasteiger partial charge on any atom is 0.435 e. The standard InChI is InChI=1S/C20H12ClF3N4O/c21-14-9-5-4-8-12(14)15-13(10-25)18(26)29-19-16(15)17(20(22,23)24)27-28(19)11-6-2-1-3-7-11/h1-9,15H,26H2/t15-/m1/s1. The van der Waals surface area contributed by atoms with E-state index >= 15 is 0 Å². The molecule has 4 rings (SSSR count). The zero-order chi connectivity index (χ0) is 20.8. The second kappa shape index (κ2) is 6.87. The summed E-state index contributed by atoms with van der Waals surface area (Å²) in [4.78, 5) is 0. The molecule has 2 N–H and O–H groups in total. The maximum atomic E-state index is 13.9. The van der Waals surface area contributed by atoms with E-state index in [1.807, 2.05) is 6.07 Å². The molecule has 0 saturated carbocycles. The number of nitrogens with zero attached hydrogens (tertiary/aromatic N) is 3. The van der Waals surface area contributed by atoms with Gasteiger partial charge in [-0.25, -0.2) is 0 Å². The van der Waals surface area contributed by atoms with Crippen molar-refractivity contribution in [3.63, 3.8) is 0 Å². The Balaban J connectivity index is 2.07. The SMILES string of the molecule is N#CC1=C(N)Oc2c(c(C(F)(F)F)nn2-c2ccccc2)[C@@H]1c1ccccc1Cl. The number of hydrogen-bond acceptors (Lipinski definition) is 4. The summed E-state index contributed by atoms with van der Waals surface area (Å²) < 4.78 is 48.3. The number of ether oxygens (including phenoxy) is 1. The second-order valence-electron chi connectivity index (χ2n) is 6.26. The molecule has 2 heterocycles. The van der Waals surface area contributed by atoms with Crippen molar-refractivity contribution >= 4 is 11.6 Å². The van der Waals surface area contributed by atoms with Gasteiger partial charge in [0, 0.05) is 5.02 Å². The number of para-hydroxylation sites is 1. The van der Waals surface area contributed by atoms with Crippen LogP contribution in [-0.2, 0) is 6.18 Å². The quantitative estimate of drug-likeness (QED) is 0.653. The van der Waals surface area contributed by atoms with E-state index < -0.39 is 17.8 Å². The lowest BCUT2D eigenvalue weighted by Crippen LogP contribution is -2.23. The molecule has 0 aliphatic carbocycles. The third kappa shape index (κ3) is 3.09. The predicted molar refractivity (Wildman–Crippen MR) is 99.3 cm³/mol. The smallest absolute Gasteiger partial charge is 0.422 e. The highest BCUT2D eigenvalue weighted by atomic mass is 35.5. The van der Waals surface area contributed by atoms with E-state index in [0.29, 0.717) is 11.3 Å². The van der Waals surface area contributed by atoms with E-state index in [-0.39, 0.29) is 27.9 Å². The lowest BCUT2D eigenvalue weighted by atomic mass is 9.84. The van der Waals surface area contributed by atoms with Crippen molar-refractivity contribution in [1.82, 2.24) is 9.78 Å². The molecule has 0 fully saturated rings. The van der Waals surface area contributed by atoms with E-state index in [0.717, 1.165) is 4.68 Å². The molecule has 146 valence electrons. The summed E-state index contributed by atoms with van der Waals surface area (Å²) in [7, 11) is 0. The van der Waals surface area contributed by atoms with Gasteiger partial charge in [-0.05, 0) is 23.8 Å². The van der Waals surface area contributed by atoms with Gasteiger partial charge in [0.05, 0.1) is 17.2 Å². The van der Waals surface area contributed by atoms with Crippen LogP contribution in [0, 0.1) is 11.3 Å². The number of halogens is 4. The molecule has 1 atom stereocenters. The number of benzene rings is 2. The van der Waals surface area contributed by atoms with Crippen LogP contribution in [0.4, 0.5) is 13.2 Å². The van der Waals surface area contributed by atoms with Crippen molar-refractivity contribution in [1.29, 1.82) is 5.26 Å². The minimum absolute atomic E-state index is 0.163. The molecule has 5 nitrogen and oxygen atoms in total. The Morgan fingerprint density at radius 3 is 2.38 bits per heavy atom. The molecule has 0 radical (unpaired) electrons. The largest absolute Gasteiger partial charge is 0.435 e. The van der Waals surface area contributed by atoms with Gasteiger partial charge >= 0.3 is 6.18 Å². The Morgan fingerprint density at radius 2 is 1.76 bits per heavy atom. The molecule has 1 aliphatic rings. The molecular formula is C20H12ClF3N4O. The van der Waals surface area contributed by atoms with Crippen LogP contribution < -0.4 is 10.5 Å². The molecule has 0 unspecified atom stereocenters. The van der Waals surface area contributed by atoms with Crippen LogP contribution in [0.3, 0.4) is 0 Å². The van der Waals surface area contributed by atoms with Gasteiger partial charge < -0.3 is 10.5 Å². The number of fused-ring (bicyclic) bond motifs is 1. The summed E-state index contributed by atoms with van der Waals surface area (Å²) in [5, 5.41) is 13.6. The highest BCUT2D eigenvalue weighted by molar-refractivity contribution is 6.31. The van der Waals surface area contributed by atoms with Crippen LogP contribution in [0.15, 0.2) is 66.1 Å². The number of allylic oxidation sites excluding steroid dienone is 1. The number of nitrogens with two attached hydrogens (primary N) is 1. The van der Waals surface area contributed by atoms with Gasteiger partial charge in [0.15, 0.2) is 5.69 Å². The summed E-state index contributed by atoms with van der Waals surface area (Å²) in [6.07, 6.45) is -4.79. The normalized spacial score (nSPS) is 16.2. The fraction of sp³-hybridized carbons (Fsp3) is 0.100. The first-order chi connectivity index (χ1) is 13.8. The first-order valence-electron chi connectivity index (χ1n) is 8.40. The fourth-order valence-electron chi connectivity index (χ4n) is 3.31. The maximum absolute atomic E-state index is 13.9. The Kier molecular flexibility index (Phi) is 4.47. The number of nitriles is 1. The zero-order valence-corrected chi connectivity index (χ0v) is 15.4. The number of hydrogen-bond donors (Lipinski definition) is 1. The molecule has 29 heavy (non-hydrogen) atoms. The van der Waals surface area contributed by atoms with E-state index in [9.17, 15) is 18.4 Å². The minimum Gasteiger partial charge on any atom is -0.422 e. The lowest BCUT2D eigenvalue weighted by Gasteiger charge is -2.26. The zero-order valence-electron chi connectivity index (χ0n) is 14.6. The van der Waals surface area contributed by atoms with Crippen LogP contribution in [0.1, 0.15) is 22.7 Å². The van der Waals surface area contributed by atoms with Crippen molar-refractivity contribution in [2.45, 2.75) is 12.1 Å². The van der Waals surface area contributed by atoms with Gasteiger partial charge in [-0.3, -0.25) is 0 Å². The molecule has 1 aliphatic heterocycles. The van der Waals surface area contributed by atoms with Crippen molar-refractivity contribution in [2.24, 2.45) is 5.73 Å². The molecule has 0 spiro atoms. The Bertz CT molecular complexity index is 1160. The summed E-state index contributed by atoms with van der Waals surface area (Å²) in [5.74, 6) is -1.67. The third-order valence-electron chi connectivity index (χ3n) is 4.53. The highest BCUT2D eigenvalue weighted by Gasteiger charge is 2.46. The molecule has 1 aromatic heterocycles. The van der Waals surface area contributed by atoms with Crippen LogP contribution in [0.5, 0.6) is 5.88 Å². The summed E-state index contributed by atoms with van der Waals surface area (Å²) >= 11 is 6.26. The van der Waals surface area contributed by atoms with Gasteiger partial charge in [0.25, 0.3) is 0 Å². The van der Waals surface area contributed by atoms with Gasteiger partial charge in [0.2, 0.25) is 11.8 Å². The summed E-state index contributed by atoms with van der Waals surface area (Å²) in [5.41, 5.74) is 4.94. The van der Waals surface area contributed by atoms with E-state index in [2.05, 4.69) is 5.10 Å². The van der Waals surface area contributed by atoms with Crippen molar-refractivity contribution in [3.05, 3.63) is 87.9 Å². The average molecular weight is 417 g/mol. The Morgan fingerprint density at radius 1 is 1.10 bits per heavy atom.